The lowest BCUT2D eigenvalue weighted by molar-refractivity contribution is 1.01. The molecule has 0 aromatic heterocycles. The number of nitrogens with one attached hydrogen (secondary N) is 2. The van der Waals surface area contributed by atoms with Crippen LogP contribution >= 0.6 is 17.5 Å². The molecule has 2 N–H and O–H groups in total. The molecule has 4 heteroatoms. The van der Waals surface area contributed by atoms with E-state index >= 15 is 0 Å². The summed E-state index contributed by atoms with van der Waals surface area (Å²) in [6, 6.07) is 0. The predicted molar refractivity (Wildman–Crippen MR) is 25.6 cm³/mol. The Bertz CT molecular complexity index is 50.5. The van der Waals surface area contributed by atoms with Gasteiger partial charge >= 0.3 is 0 Å². The van der Waals surface area contributed by atoms with Gasteiger partial charge < -0.3 is 0 Å². The molecule has 2 aliphatic rings. The van der Waals surface area contributed by atoms with Crippen LogP contribution in [0.4, 0.5) is 0 Å². The Balaban J connectivity index is 2.30. The van der Waals surface area contributed by atoms with E-state index in [0.29, 0.717) is 5.15 Å². The topological polar surface area (TPSA) is 43.9 Å². The molecule has 2 saturated heterocycles. The van der Waals surface area contributed by atoms with Crippen molar-refractivity contribution in [1.29, 1.82) is 0 Å². The van der Waals surface area contributed by atoms with Gasteiger partial charge in [-0.3, -0.25) is 10.2 Å². The minimum Gasteiger partial charge on any atom is -0.268 e. The minimum absolute atomic E-state index is 0.556. The average Bonchev–Trinajstić information content (AvgIpc) is 2.17. The molecule has 2 unspecified atom stereocenters. The van der Waals surface area contributed by atoms with E-state index in [1.807, 2.05) is 0 Å². The maximum absolute atomic E-state index is 3.21. The van der Waals surface area contributed by atoms with Crippen molar-refractivity contribution in [2.45, 2.75) is 5.15 Å². The van der Waals surface area contributed by atoms with E-state index in [9.17, 15) is 0 Å². The fraction of sp³-hybridized carbons (Fsp3) is 1.00. The molecular formula is CH4N2P2. The monoisotopic (exact) mass is 106 g/mol. The smallest absolute Gasteiger partial charge is 0.136 e. The largest absolute Gasteiger partial charge is 0.268 e. The fourth-order valence-electron chi connectivity index (χ4n) is 0.250. The molecule has 2 fully saturated rings. The third-order valence-corrected chi connectivity index (χ3v) is 3.75. The lowest BCUT2D eigenvalue weighted by atomic mass is 11.2. The molecule has 1 spiro atoms. The molecule has 5 heavy (non-hydrogen) atoms. The molecule has 0 aliphatic carbocycles. The van der Waals surface area contributed by atoms with E-state index in [1.54, 1.807) is 0 Å². The van der Waals surface area contributed by atoms with E-state index in [1.165, 1.54) is 0 Å². The maximum Gasteiger partial charge on any atom is 0.136 e. The molecule has 28 valence electrons. The van der Waals surface area contributed by atoms with Crippen LogP contribution in [-0.4, -0.2) is 5.15 Å². The fourth-order valence-corrected chi connectivity index (χ4v) is 1.88. The molecule has 2 rings (SSSR count). The molecule has 0 aromatic rings. The molecule has 0 bridgehead atoms. The van der Waals surface area contributed by atoms with E-state index < -0.39 is 0 Å². The van der Waals surface area contributed by atoms with Crippen molar-refractivity contribution >= 4 is 17.5 Å². The zero-order valence-corrected chi connectivity index (χ0v) is 4.50. The van der Waals surface area contributed by atoms with Crippen LogP contribution < -0.4 is 10.2 Å². The van der Waals surface area contributed by atoms with Crippen LogP contribution in [0.5, 0.6) is 0 Å². The summed E-state index contributed by atoms with van der Waals surface area (Å²) in [7, 11) is 2.04. The van der Waals surface area contributed by atoms with Gasteiger partial charge in [0.15, 0.2) is 0 Å². The van der Waals surface area contributed by atoms with Crippen LogP contribution in [0, 0.1) is 0 Å². The quantitative estimate of drug-likeness (QED) is 0.337. The molecule has 0 radical (unpaired) electrons. The highest BCUT2D eigenvalue weighted by Gasteiger charge is 2.54. The van der Waals surface area contributed by atoms with Gasteiger partial charge in [0.2, 0.25) is 0 Å². The number of hydrogen-bond acceptors (Lipinski definition) is 2. The SMILES string of the molecule is N1PC12NP2. The van der Waals surface area contributed by atoms with Gasteiger partial charge in [-0.15, -0.1) is 0 Å². The summed E-state index contributed by atoms with van der Waals surface area (Å²) in [5.41, 5.74) is 0. The highest BCUT2D eigenvalue weighted by atomic mass is 31.2. The Morgan fingerprint density at radius 3 is 1.60 bits per heavy atom. The number of rotatable bonds is 0. The summed E-state index contributed by atoms with van der Waals surface area (Å²) in [5.74, 6) is 0. The maximum atomic E-state index is 3.21. The second kappa shape index (κ2) is 0.588. The highest BCUT2D eigenvalue weighted by molar-refractivity contribution is 7.71. The third kappa shape index (κ3) is 0.318. The zero-order valence-electron chi connectivity index (χ0n) is 2.50. The van der Waals surface area contributed by atoms with Crippen molar-refractivity contribution in [3.63, 3.8) is 0 Å². The van der Waals surface area contributed by atoms with Crippen molar-refractivity contribution in [1.82, 2.24) is 10.2 Å². The normalized spacial score (nSPS) is 67.2. The van der Waals surface area contributed by atoms with Gasteiger partial charge in [0, 0.05) is 0 Å². The van der Waals surface area contributed by atoms with Crippen LogP contribution in [0.2, 0.25) is 0 Å². The van der Waals surface area contributed by atoms with E-state index in [4.69, 9.17) is 0 Å². The second-order valence-corrected chi connectivity index (χ2v) is 4.25. The molecule has 2 heterocycles. The van der Waals surface area contributed by atoms with Crippen molar-refractivity contribution < 1.29 is 0 Å². The highest BCUT2D eigenvalue weighted by Crippen LogP contribution is 2.65. The molecular weight excluding hydrogens is 102 g/mol. The van der Waals surface area contributed by atoms with Crippen molar-refractivity contribution in [2.24, 2.45) is 0 Å². The molecule has 0 saturated carbocycles. The summed E-state index contributed by atoms with van der Waals surface area (Å²) in [4.78, 5) is 0. The Kier molecular flexibility index (Phi) is 0.338. The molecule has 0 amide bonds. The van der Waals surface area contributed by atoms with Gasteiger partial charge in [-0.05, 0) is 17.5 Å². The average molecular weight is 106 g/mol. The van der Waals surface area contributed by atoms with Crippen LogP contribution in [0.3, 0.4) is 0 Å². The Morgan fingerprint density at radius 2 is 1.60 bits per heavy atom. The Morgan fingerprint density at radius 1 is 1.20 bits per heavy atom. The van der Waals surface area contributed by atoms with Gasteiger partial charge in [-0.1, -0.05) is 0 Å². The predicted octanol–water partition coefficient (Wildman–Crippen LogP) is -0.00890. The van der Waals surface area contributed by atoms with E-state index in [-0.39, 0.29) is 0 Å². The van der Waals surface area contributed by atoms with Crippen LogP contribution in [-0.2, 0) is 0 Å². The minimum atomic E-state index is 0.556. The first-order valence-electron chi connectivity index (χ1n) is 1.50. The first-order chi connectivity index (χ1) is 2.41. The molecule has 2 aliphatic heterocycles. The first kappa shape index (κ1) is 2.87. The second-order valence-electron chi connectivity index (χ2n) is 1.25. The number of hydrogen-bond donors (Lipinski definition) is 2. The van der Waals surface area contributed by atoms with Crippen LogP contribution in [0.25, 0.3) is 0 Å². The Labute approximate surface area is 33.8 Å². The Hall–Kier alpha value is 0.780. The van der Waals surface area contributed by atoms with Gasteiger partial charge in [-0.2, -0.15) is 0 Å². The zero-order chi connectivity index (χ0) is 3.33. The van der Waals surface area contributed by atoms with Gasteiger partial charge in [-0.25, -0.2) is 0 Å². The molecule has 2 atom stereocenters. The third-order valence-electron chi connectivity index (χ3n) is 0.750. The van der Waals surface area contributed by atoms with Crippen molar-refractivity contribution in [3.8, 4) is 0 Å². The summed E-state index contributed by atoms with van der Waals surface area (Å²) in [6.45, 7) is 0. The van der Waals surface area contributed by atoms with Crippen molar-refractivity contribution in [3.05, 3.63) is 0 Å². The van der Waals surface area contributed by atoms with Gasteiger partial charge in [0.1, 0.15) is 5.15 Å². The van der Waals surface area contributed by atoms with Gasteiger partial charge in [0.25, 0.3) is 0 Å². The molecule has 0 aromatic carbocycles. The van der Waals surface area contributed by atoms with Crippen LogP contribution in [0.15, 0.2) is 0 Å². The standard InChI is InChI=1S/CH4N2P2/c2-1(4-2)3-5-1/h2-5H. The lowest BCUT2D eigenvalue weighted by Crippen LogP contribution is -1.90. The summed E-state index contributed by atoms with van der Waals surface area (Å²) in [6.07, 6.45) is 0. The van der Waals surface area contributed by atoms with E-state index in [0.717, 1.165) is 17.5 Å². The van der Waals surface area contributed by atoms with E-state index in [2.05, 4.69) is 10.2 Å². The van der Waals surface area contributed by atoms with Gasteiger partial charge in [0.05, 0.1) is 0 Å². The molecule has 2 nitrogen and oxygen atoms in total. The summed E-state index contributed by atoms with van der Waals surface area (Å²) in [5, 5.41) is 6.98. The lowest BCUT2D eigenvalue weighted by Gasteiger charge is -1.55. The van der Waals surface area contributed by atoms with Crippen molar-refractivity contribution in [2.75, 3.05) is 0 Å². The van der Waals surface area contributed by atoms with Crippen LogP contribution in [0.1, 0.15) is 0 Å². The first-order valence-corrected chi connectivity index (χ1v) is 3.50. The summed E-state index contributed by atoms with van der Waals surface area (Å²) < 4.78 is 0. The summed E-state index contributed by atoms with van der Waals surface area (Å²) >= 11 is 0.